The van der Waals surface area contributed by atoms with Crippen LogP contribution in [-0.2, 0) is 16.0 Å². The van der Waals surface area contributed by atoms with Crippen LogP contribution in [0, 0.1) is 12.7 Å². The van der Waals surface area contributed by atoms with E-state index in [2.05, 4.69) is 10.1 Å². The molecule has 2 rings (SSSR count). The number of hydrogen-bond acceptors (Lipinski definition) is 3. The molecule has 5 heteroatoms. The molecular weight excluding hydrogens is 297 g/mol. The molecule has 0 heterocycles. The fourth-order valence-corrected chi connectivity index (χ4v) is 2.17. The number of benzene rings is 2. The number of rotatable bonds is 5. The Morgan fingerprint density at radius 3 is 2.65 bits per heavy atom. The van der Waals surface area contributed by atoms with E-state index in [-0.39, 0.29) is 18.0 Å². The standard InChI is InChI=1S/C18H18FNO3/c1-12-5-3-8-15(17(12)19)18(22)20-14-7-4-6-13(11-14)9-10-16(21)23-2/h3-8,11H,9-10H2,1-2H3,(H,20,22). The van der Waals surface area contributed by atoms with Crippen molar-refractivity contribution >= 4 is 17.6 Å². The smallest absolute Gasteiger partial charge is 0.305 e. The summed E-state index contributed by atoms with van der Waals surface area (Å²) < 4.78 is 18.6. The summed E-state index contributed by atoms with van der Waals surface area (Å²) >= 11 is 0. The molecular formula is C18H18FNO3. The van der Waals surface area contributed by atoms with E-state index in [0.29, 0.717) is 17.7 Å². The molecule has 4 nitrogen and oxygen atoms in total. The van der Waals surface area contributed by atoms with E-state index < -0.39 is 11.7 Å². The molecule has 0 atom stereocenters. The molecule has 0 radical (unpaired) electrons. The van der Waals surface area contributed by atoms with Gasteiger partial charge in [0.15, 0.2) is 0 Å². The van der Waals surface area contributed by atoms with Crippen LogP contribution in [0.3, 0.4) is 0 Å². The van der Waals surface area contributed by atoms with Crippen molar-refractivity contribution in [1.82, 2.24) is 0 Å². The topological polar surface area (TPSA) is 55.4 Å². The third-order valence-electron chi connectivity index (χ3n) is 3.47. The number of aryl methyl sites for hydroxylation is 2. The first-order valence-electron chi connectivity index (χ1n) is 7.23. The van der Waals surface area contributed by atoms with Gasteiger partial charge in [-0.3, -0.25) is 9.59 Å². The molecule has 0 bridgehead atoms. The van der Waals surface area contributed by atoms with Crippen molar-refractivity contribution in [2.75, 3.05) is 12.4 Å². The van der Waals surface area contributed by atoms with Gasteiger partial charge in [-0.15, -0.1) is 0 Å². The quantitative estimate of drug-likeness (QED) is 0.859. The molecule has 1 N–H and O–H groups in total. The molecule has 0 aliphatic carbocycles. The van der Waals surface area contributed by atoms with Crippen LogP contribution in [0.2, 0.25) is 0 Å². The highest BCUT2D eigenvalue weighted by atomic mass is 19.1. The number of halogens is 1. The molecule has 2 aromatic rings. The van der Waals surface area contributed by atoms with Crippen LogP contribution < -0.4 is 5.32 Å². The summed E-state index contributed by atoms with van der Waals surface area (Å²) in [5, 5.41) is 2.67. The average molecular weight is 315 g/mol. The second-order valence-electron chi connectivity index (χ2n) is 5.17. The first-order chi connectivity index (χ1) is 11.0. The lowest BCUT2D eigenvalue weighted by atomic mass is 10.1. The Labute approximate surface area is 134 Å². The summed E-state index contributed by atoms with van der Waals surface area (Å²) in [4.78, 5) is 23.4. The molecule has 0 aromatic heterocycles. The summed E-state index contributed by atoms with van der Waals surface area (Å²) in [5.74, 6) is -1.32. The van der Waals surface area contributed by atoms with E-state index in [1.54, 1.807) is 37.3 Å². The number of ether oxygens (including phenoxy) is 1. The Morgan fingerprint density at radius 1 is 1.17 bits per heavy atom. The third-order valence-corrected chi connectivity index (χ3v) is 3.47. The lowest BCUT2D eigenvalue weighted by molar-refractivity contribution is -0.140. The largest absolute Gasteiger partial charge is 0.469 e. The fraction of sp³-hybridized carbons (Fsp3) is 0.222. The van der Waals surface area contributed by atoms with Crippen molar-refractivity contribution in [3.63, 3.8) is 0 Å². The molecule has 0 unspecified atom stereocenters. The zero-order valence-electron chi connectivity index (χ0n) is 13.1. The van der Waals surface area contributed by atoms with Gasteiger partial charge in [-0.05, 0) is 42.7 Å². The Morgan fingerprint density at radius 2 is 1.91 bits per heavy atom. The van der Waals surface area contributed by atoms with Crippen LogP contribution in [0.4, 0.5) is 10.1 Å². The van der Waals surface area contributed by atoms with Gasteiger partial charge >= 0.3 is 5.97 Å². The Bertz CT molecular complexity index is 728. The van der Waals surface area contributed by atoms with Gasteiger partial charge in [-0.2, -0.15) is 0 Å². The molecule has 23 heavy (non-hydrogen) atoms. The normalized spacial score (nSPS) is 10.2. The SMILES string of the molecule is COC(=O)CCc1cccc(NC(=O)c2cccc(C)c2F)c1. The van der Waals surface area contributed by atoms with Crippen molar-refractivity contribution < 1.29 is 18.7 Å². The molecule has 2 aromatic carbocycles. The van der Waals surface area contributed by atoms with E-state index in [4.69, 9.17) is 0 Å². The van der Waals surface area contributed by atoms with Gasteiger partial charge < -0.3 is 10.1 Å². The average Bonchev–Trinajstić information content (AvgIpc) is 2.55. The maximum Gasteiger partial charge on any atom is 0.305 e. The van der Waals surface area contributed by atoms with Crippen molar-refractivity contribution in [2.45, 2.75) is 19.8 Å². The minimum atomic E-state index is -0.521. The summed E-state index contributed by atoms with van der Waals surface area (Å²) in [7, 11) is 1.34. The molecule has 120 valence electrons. The highest BCUT2D eigenvalue weighted by molar-refractivity contribution is 6.04. The van der Waals surface area contributed by atoms with Crippen molar-refractivity contribution in [1.29, 1.82) is 0 Å². The highest BCUT2D eigenvalue weighted by Crippen LogP contribution is 2.16. The van der Waals surface area contributed by atoms with Gasteiger partial charge in [-0.1, -0.05) is 24.3 Å². The number of carbonyl (C=O) groups is 2. The Balaban J connectivity index is 2.09. The number of methoxy groups -OCH3 is 1. The predicted octanol–water partition coefficient (Wildman–Crippen LogP) is 3.49. The molecule has 0 aliphatic rings. The number of amides is 1. The number of carbonyl (C=O) groups excluding carboxylic acids is 2. The number of esters is 1. The van der Waals surface area contributed by atoms with Gasteiger partial charge in [0.25, 0.3) is 5.91 Å². The first kappa shape index (κ1) is 16.7. The van der Waals surface area contributed by atoms with Gasteiger partial charge in [-0.25, -0.2) is 4.39 Å². The van der Waals surface area contributed by atoms with E-state index in [1.807, 2.05) is 6.07 Å². The Hall–Kier alpha value is -2.69. The zero-order valence-corrected chi connectivity index (χ0v) is 13.1. The maximum absolute atomic E-state index is 14.0. The van der Waals surface area contributed by atoms with E-state index in [0.717, 1.165) is 5.56 Å². The van der Waals surface area contributed by atoms with Crippen LogP contribution in [-0.4, -0.2) is 19.0 Å². The van der Waals surface area contributed by atoms with Gasteiger partial charge in [0.2, 0.25) is 0 Å². The van der Waals surface area contributed by atoms with Crippen LogP contribution in [0.5, 0.6) is 0 Å². The fourth-order valence-electron chi connectivity index (χ4n) is 2.17. The minimum Gasteiger partial charge on any atom is -0.469 e. The predicted molar refractivity (Wildman–Crippen MR) is 85.9 cm³/mol. The molecule has 0 spiro atoms. The summed E-state index contributed by atoms with van der Waals surface area (Å²) in [6.07, 6.45) is 0.773. The number of hydrogen-bond donors (Lipinski definition) is 1. The van der Waals surface area contributed by atoms with E-state index >= 15 is 0 Å². The van der Waals surface area contributed by atoms with Crippen LogP contribution in [0.15, 0.2) is 42.5 Å². The van der Waals surface area contributed by atoms with Crippen molar-refractivity contribution in [3.05, 3.63) is 65.0 Å². The molecule has 1 amide bonds. The second-order valence-corrected chi connectivity index (χ2v) is 5.17. The Kier molecular flexibility index (Phi) is 5.46. The van der Waals surface area contributed by atoms with E-state index in [1.165, 1.54) is 13.2 Å². The number of nitrogens with one attached hydrogen (secondary N) is 1. The van der Waals surface area contributed by atoms with Crippen LogP contribution >= 0.6 is 0 Å². The number of anilines is 1. The van der Waals surface area contributed by atoms with Gasteiger partial charge in [0.05, 0.1) is 12.7 Å². The molecule has 0 saturated heterocycles. The zero-order chi connectivity index (χ0) is 16.8. The summed E-state index contributed by atoms with van der Waals surface area (Å²) in [5.41, 5.74) is 1.87. The van der Waals surface area contributed by atoms with Crippen LogP contribution in [0.25, 0.3) is 0 Å². The van der Waals surface area contributed by atoms with E-state index in [9.17, 15) is 14.0 Å². The first-order valence-corrected chi connectivity index (χ1v) is 7.23. The highest BCUT2D eigenvalue weighted by Gasteiger charge is 2.13. The lowest BCUT2D eigenvalue weighted by Crippen LogP contribution is -2.14. The molecule has 0 aliphatic heterocycles. The minimum absolute atomic E-state index is 0.00460. The summed E-state index contributed by atoms with van der Waals surface area (Å²) in [6.45, 7) is 1.61. The second kappa shape index (κ2) is 7.54. The van der Waals surface area contributed by atoms with Gasteiger partial charge in [0.1, 0.15) is 5.82 Å². The van der Waals surface area contributed by atoms with Gasteiger partial charge in [0, 0.05) is 12.1 Å². The van der Waals surface area contributed by atoms with Crippen molar-refractivity contribution in [3.8, 4) is 0 Å². The maximum atomic E-state index is 14.0. The molecule has 0 saturated carbocycles. The lowest BCUT2D eigenvalue weighted by Gasteiger charge is -2.09. The third kappa shape index (κ3) is 4.39. The van der Waals surface area contributed by atoms with Crippen molar-refractivity contribution in [2.24, 2.45) is 0 Å². The monoisotopic (exact) mass is 315 g/mol. The van der Waals surface area contributed by atoms with Crippen LogP contribution in [0.1, 0.15) is 27.9 Å². The summed E-state index contributed by atoms with van der Waals surface area (Å²) in [6, 6.07) is 11.8. The molecule has 0 fully saturated rings.